The number of ether oxygens (including phenoxy) is 1. The van der Waals surface area contributed by atoms with Gasteiger partial charge in [-0.25, -0.2) is 8.42 Å². The van der Waals surface area contributed by atoms with Crippen molar-refractivity contribution in [1.29, 1.82) is 0 Å². The summed E-state index contributed by atoms with van der Waals surface area (Å²) in [5.74, 6) is 0.00979. The molecule has 3 N–H and O–H groups in total. The van der Waals surface area contributed by atoms with E-state index in [1.807, 2.05) is 17.0 Å². The van der Waals surface area contributed by atoms with Gasteiger partial charge in [0.05, 0.1) is 24.2 Å². The molecular weight excluding hydrogens is 456 g/mol. The van der Waals surface area contributed by atoms with E-state index in [2.05, 4.69) is 15.4 Å². The standard InChI is InChI=1S/C24H24N4O5S/c1-33-22-5-3-2-4-21(22)27-34(31,32)20-12-6-17(7-13-20)24(30)26-18-8-10-19(11-9-18)28-15-14-25-23(29)16-28/h2-13,27H,14-16H2,1H3,(H,25,29)(H,26,30). The Balaban J connectivity index is 1.41. The second-order valence-corrected chi connectivity index (χ2v) is 9.29. The molecule has 2 amide bonds. The van der Waals surface area contributed by atoms with Crippen molar-refractivity contribution in [3.05, 3.63) is 78.4 Å². The summed E-state index contributed by atoms with van der Waals surface area (Å²) in [4.78, 5) is 26.2. The van der Waals surface area contributed by atoms with Crippen LogP contribution in [0.2, 0.25) is 0 Å². The van der Waals surface area contributed by atoms with Gasteiger partial charge < -0.3 is 20.3 Å². The number of nitrogens with zero attached hydrogens (tertiary/aromatic N) is 1. The number of para-hydroxylation sites is 2. The van der Waals surface area contributed by atoms with Gasteiger partial charge >= 0.3 is 0 Å². The molecule has 0 aromatic heterocycles. The number of methoxy groups -OCH3 is 1. The lowest BCUT2D eigenvalue weighted by atomic mass is 10.2. The second kappa shape index (κ2) is 9.84. The number of hydrogen-bond donors (Lipinski definition) is 3. The highest BCUT2D eigenvalue weighted by Crippen LogP contribution is 2.26. The Hall–Kier alpha value is -4.05. The van der Waals surface area contributed by atoms with Crippen LogP contribution in [-0.2, 0) is 14.8 Å². The summed E-state index contributed by atoms with van der Waals surface area (Å²) >= 11 is 0. The Bertz CT molecular complexity index is 1290. The summed E-state index contributed by atoms with van der Waals surface area (Å²) in [7, 11) is -2.40. The molecule has 1 aliphatic rings. The van der Waals surface area contributed by atoms with Crippen LogP contribution in [-0.4, -0.2) is 47.0 Å². The van der Waals surface area contributed by atoms with Gasteiger partial charge in [-0.15, -0.1) is 0 Å². The Kier molecular flexibility index (Phi) is 6.69. The van der Waals surface area contributed by atoms with E-state index < -0.39 is 10.0 Å². The highest BCUT2D eigenvalue weighted by atomic mass is 32.2. The van der Waals surface area contributed by atoms with Crippen LogP contribution in [0.5, 0.6) is 5.75 Å². The molecule has 176 valence electrons. The average molecular weight is 481 g/mol. The highest BCUT2D eigenvalue weighted by molar-refractivity contribution is 7.92. The minimum absolute atomic E-state index is 0.0184. The first-order valence-corrected chi connectivity index (χ1v) is 12.0. The van der Waals surface area contributed by atoms with Crippen molar-refractivity contribution < 1.29 is 22.7 Å². The molecule has 10 heteroatoms. The Labute approximate surface area is 197 Å². The van der Waals surface area contributed by atoms with Gasteiger partial charge in [-0.2, -0.15) is 0 Å². The quantitative estimate of drug-likeness (QED) is 0.479. The number of hydrogen-bond acceptors (Lipinski definition) is 6. The largest absolute Gasteiger partial charge is 0.495 e. The van der Waals surface area contributed by atoms with Gasteiger partial charge in [0.1, 0.15) is 5.75 Å². The molecule has 3 aromatic rings. The molecule has 9 nitrogen and oxygen atoms in total. The lowest BCUT2D eigenvalue weighted by Gasteiger charge is -2.28. The fourth-order valence-electron chi connectivity index (χ4n) is 3.54. The molecule has 34 heavy (non-hydrogen) atoms. The zero-order chi connectivity index (χ0) is 24.1. The van der Waals surface area contributed by atoms with Crippen molar-refractivity contribution >= 4 is 38.9 Å². The first-order valence-electron chi connectivity index (χ1n) is 10.5. The number of rotatable bonds is 7. The first-order chi connectivity index (χ1) is 16.4. The summed E-state index contributed by atoms with van der Waals surface area (Å²) in [6.45, 7) is 1.61. The van der Waals surface area contributed by atoms with E-state index in [1.165, 1.54) is 31.4 Å². The molecule has 1 fully saturated rings. The zero-order valence-electron chi connectivity index (χ0n) is 18.4. The third kappa shape index (κ3) is 5.29. The van der Waals surface area contributed by atoms with Crippen molar-refractivity contribution in [2.45, 2.75) is 4.90 Å². The van der Waals surface area contributed by atoms with Crippen LogP contribution in [0.15, 0.2) is 77.7 Å². The van der Waals surface area contributed by atoms with Crippen LogP contribution in [0.3, 0.4) is 0 Å². The maximum atomic E-state index is 12.7. The molecule has 0 saturated carbocycles. The van der Waals surface area contributed by atoms with Gasteiger partial charge in [-0.3, -0.25) is 14.3 Å². The normalized spacial score (nSPS) is 13.7. The molecule has 0 spiro atoms. The first kappa shape index (κ1) is 23.1. The van der Waals surface area contributed by atoms with Crippen LogP contribution < -0.4 is 25.0 Å². The number of sulfonamides is 1. The SMILES string of the molecule is COc1ccccc1NS(=O)(=O)c1ccc(C(=O)Nc2ccc(N3CCNC(=O)C3)cc2)cc1. The average Bonchev–Trinajstić information content (AvgIpc) is 2.85. The van der Waals surface area contributed by atoms with Crippen molar-refractivity contribution in [3.8, 4) is 5.75 Å². The van der Waals surface area contributed by atoms with Crippen LogP contribution >= 0.6 is 0 Å². The number of carbonyl (C=O) groups is 2. The predicted molar refractivity (Wildman–Crippen MR) is 130 cm³/mol. The number of nitrogens with one attached hydrogen (secondary N) is 3. The second-order valence-electron chi connectivity index (χ2n) is 7.60. The summed E-state index contributed by atoms with van der Waals surface area (Å²) in [6, 6.07) is 19.5. The fourth-order valence-corrected chi connectivity index (χ4v) is 4.61. The van der Waals surface area contributed by atoms with Crippen molar-refractivity contribution in [2.24, 2.45) is 0 Å². The maximum Gasteiger partial charge on any atom is 0.262 e. The molecule has 4 rings (SSSR count). The van der Waals surface area contributed by atoms with E-state index in [0.29, 0.717) is 35.8 Å². The topological polar surface area (TPSA) is 117 Å². The highest BCUT2D eigenvalue weighted by Gasteiger charge is 2.18. The van der Waals surface area contributed by atoms with Crippen LogP contribution in [0.4, 0.5) is 17.1 Å². The predicted octanol–water partition coefficient (Wildman–Crippen LogP) is 2.68. The van der Waals surface area contributed by atoms with Crippen molar-refractivity contribution in [2.75, 3.05) is 41.7 Å². The van der Waals surface area contributed by atoms with Crippen LogP contribution in [0, 0.1) is 0 Å². The number of amides is 2. The number of anilines is 3. The maximum absolute atomic E-state index is 12.7. The zero-order valence-corrected chi connectivity index (χ0v) is 19.3. The lowest BCUT2D eigenvalue weighted by Crippen LogP contribution is -2.47. The number of benzene rings is 3. The minimum Gasteiger partial charge on any atom is -0.495 e. The monoisotopic (exact) mass is 480 g/mol. The molecule has 0 atom stereocenters. The minimum atomic E-state index is -3.86. The molecule has 1 aliphatic heterocycles. The Morgan fingerprint density at radius 3 is 2.38 bits per heavy atom. The number of carbonyl (C=O) groups excluding carboxylic acids is 2. The third-order valence-corrected chi connectivity index (χ3v) is 6.69. The van der Waals surface area contributed by atoms with Gasteiger partial charge in [-0.05, 0) is 60.7 Å². The molecular formula is C24H24N4O5S. The molecule has 0 bridgehead atoms. The fraction of sp³-hybridized carbons (Fsp3) is 0.167. The van der Waals surface area contributed by atoms with E-state index in [0.717, 1.165) is 12.2 Å². The summed E-state index contributed by atoms with van der Waals surface area (Å²) in [6.07, 6.45) is 0. The summed E-state index contributed by atoms with van der Waals surface area (Å²) in [5, 5.41) is 5.57. The third-order valence-electron chi connectivity index (χ3n) is 5.31. The van der Waals surface area contributed by atoms with Gasteiger partial charge in [0.15, 0.2) is 0 Å². The van der Waals surface area contributed by atoms with Crippen molar-refractivity contribution in [1.82, 2.24) is 5.32 Å². The molecule has 0 aliphatic carbocycles. The molecule has 0 radical (unpaired) electrons. The number of piperazine rings is 1. The molecule has 1 saturated heterocycles. The van der Waals surface area contributed by atoms with E-state index in [9.17, 15) is 18.0 Å². The Morgan fingerprint density at radius 2 is 1.71 bits per heavy atom. The molecule has 0 unspecified atom stereocenters. The van der Waals surface area contributed by atoms with Crippen LogP contribution in [0.25, 0.3) is 0 Å². The van der Waals surface area contributed by atoms with E-state index in [1.54, 1.807) is 36.4 Å². The molecule has 1 heterocycles. The summed E-state index contributed by atoms with van der Waals surface area (Å²) in [5.41, 5.74) is 2.11. The van der Waals surface area contributed by atoms with Crippen molar-refractivity contribution in [3.63, 3.8) is 0 Å². The van der Waals surface area contributed by atoms with Gasteiger partial charge in [0.25, 0.3) is 15.9 Å². The Morgan fingerprint density at radius 1 is 1.00 bits per heavy atom. The van der Waals surface area contributed by atoms with Gasteiger partial charge in [0, 0.05) is 30.0 Å². The van der Waals surface area contributed by atoms with Gasteiger partial charge in [0.2, 0.25) is 5.91 Å². The van der Waals surface area contributed by atoms with E-state index in [4.69, 9.17) is 4.74 Å². The van der Waals surface area contributed by atoms with E-state index in [-0.39, 0.29) is 16.7 Å². The van der Waals surface area contributed by atoms with Crippen LogP contribution in [0.1, 0.15) is 10.4 Å². The lowest BCUT2D eigenvalue weighted by molar-refractivity contribution is -0.120. The smallest absolute Gasteiger partial charge is 0.262 e. The summed E-state index contributed by atoms with van der Waals surface area (Å²) < 4.78 is 33.1. The van der Waals surface area contributed by atoms with E-state index >= 15 is 0 Å². The van der Waals surface area contributed by atoms with Gasteiger partial charge in [-0.1, -0.05) is 12.1 Å². The molecule has 3 aromatic carbocycles.